The molecule has 0 aliphatic rings. The third-order valence-electron chi connectivity index (χ3n) is 2.59. The van der Waals surface area contributed by atoms with E-state index in [0.29, 0.717) is 22.8 Å². The van der Waals surface area contributed by atoms with Crippen LogP contribution in [0, 0.1) is 6.92 Å². The van der Waals surface area contributed by atoms with Crippen LogP contribution in [0.2, 0.25) is 0 Å². The van der Waals surface area contributed by atoms with Crippen LogP contribution >= 0.6 is 0 Å². The van der Waals surface area contributed by atoms with Crippen molar-refractivity contribution in [1.82, 2.24) is 4.98 Å². The number of pyridine rings is 1. The highest BCUT2D eigenvalue weighted by Crippen LogP contribution is 2.26. The number of ether oxygens (including phenoxy) is 1. The summed E-state index contributed by atoms with van der Waals surface area (Å²) in [6.07, 6.45) is 0. The number of nitrogens with zero attached hydrogens (tertiary/aromatic N) is 1. The van der Waals surface area contributed by atoms with Crippen molar-refractivity contribution < 1.29 is 9.53 Å². The lowest BCUT2D eigenvalue weighted by Gasteiger charge is -2.10. The first kappa shape index (κ1) is 12.9. The number of nitrogens with two attached hydrogens (primary N) is 1. The standard InChI is InChI=1S/C14H15N3O2/c1-9-4-3-5-11(16-9)14(18)17-12-8-10(15)6-7-13(12)19-2/h3-8H,15H2,1-2H3,(H,17,18). The summed E-state index contributed by atoms with van der Waals surface area (Å²) >= 11 is 0. The van der Waals surface area contributed by atoms with Crippen LogP contribution in [0.25, 0.3) is 0 Å². The van der Waals surface area contributed by atoms with E-state index in [0.717, 1.165) is 5.69 Å². The summed E-state index contributed by atoms with van der Waals surface area (Å²) in [7, 11) is 1.53. The minimum absolute atomic E-state index is 0.299. The van der Waals surface area contributed by atoms with Gasteiger partial charge in [0.15, 0.2) is 0 Å². The maximum atomic E-state index is 12.1. The molecule has 0 aliphatic carbocycles. The predicted molar refractivity (Wildman–Crippen MR) is 74.3 cm³/mol. The Morgan fingerprint density at radius 2 is 2.11 bits per heavy atom. The zero-order valence-electron chi connectivity index (χ0n) is 10.8. The summed E-state index contributed by atoms with van der Waals surface area (Å²) in [6, 6.07) is 10.3. The summed E-state index contributed by atoms with van der Waals surface area (Å²) in [4.78, 5) is 16.2. The first-order chi connectivity index (χ1) is 9.10. The molecule has 3 N–H and O–H groups in total. The van der Waals surface area contributed by atoms with E-state index in [4.69, 9.17) is 10.5 Å². The normalized spacial score (nSPS) is 10.0. The van der Waals surface area contributed by atoms with E-state index >= 15 is 0 Å². The quantitative estimate of drug-likeness (QED) is 0.827. The number of anilines is 2. The van der Waals surface area contributed by atoms with Crippen molar-refractivity contribution in [3.8, 4) is 5.75 Å². The lowest BCUT2D eigenvalue weighted by atomic mass is 10.2. The van der Waals surface area contributed by atoms with Crippen molar-refractivity contribution in [2.45, 2.75) is 6.92 Å². The van der Waals surface area contributed by atoms with Crippen LogP contribution < -0.4 is 15.8 Å². The average molecular weight is 257 g/mol. The Balaban J connectivity index is 2.26. The molecule has 0 saturated heterocycles. The Bertz CT molecular complexity index is 611. The van der Waals surface area contributed by atoms with E-state index in [-0.39, 0.29) is 5.91 Å². The molecule has 0 saturated carbocycles. The van der Waals surface area contributed by atoms with Gasteiger partial charge in [-0.1, -0.05) is 6.07 Å². The first-order valence-electron chi connectivity index (χ1n) is 5.78. The van der Waals surface area contributed by atoms with Crippen LogP contribution in [-0.4, -0.2) is 18.0 Å². The highest BCUT2D eigenvalue weighted by Gasteiger charge is 2.11. The monoisotopic (exact) mass is 257 g/mol. The molecule has 0 fully saturated rings. The Kier molecular flexibility index (Phi) is 3.66. The topological polar surface area (TPSA) is 77.2 Å². The van der Waals surface area contributed by atoms with Gasteiger partial charge in [-0.25, -0.2) is 4.98 Å². The summed E-state index contributed by atoms with van der Waals surface area (Å²) in [5, 5.41) is 2.74. The first-order valence-corrected chi connectivity index (χ1v) is 5.78. The molecule has 0 spiro atoms. The van der Waals surface area contributed by atoms with Crippen molar-refractivity contribution in [2.24, 2.45) is 0 Å². The Labute approximate surface area is 111 Å². The van der Waals surface area contributed by atoms with Crippen LogP contribution in [0.5, 0.6) is 5.75 Å². The number of carbonyl (C=O) groups is 1. The van der Waals surface area contributed by atoms with Gasteiger partial charge in [0.2, 0.25) is 0 Å². The number of hydrogen-bond donors (Lipinski definition) is 2. The third-order valence-corrected chi connectivity index (χ3v) is 2.59. The number of nitrogens with one attached hydrogen (secondary N) is 1. The minimum Gasteiger partial charge on any atom is -0.495 e. The number of nitrogen functional groups attached to an aromatic ring is 1. The molecule has 0 atom stereocenters. The van der Waals surface area contributed by atoms with E-state index in [9.17, 15) is 4.79 Å². The SMILES string of the molecule is COc1ccc(N)cc1NC(=O)c1cccc(C)n1. The van der Waals surface area contributed by atoms with Crippen LogP contribution in [0.15, 0.2) is 36.4 Å². The van der Waals surface area contributed by atoms with E-state index in [1.165, 1.54) is 7.11 Å². The molecule has 0 aliphatic heterocycles. The average Bonchev–Trinajstić information content (AvgIpc) is 2.39. The van der Waals surface area contributed by atoms with Gasteiger partial charge in [-0.3, -0.25) is 4.79 Å². The summed E-state index contributed by atoms with van der Waals surface area (Å²) < 4.78 is 5.17. The fourth-order valence-corrected chi connectivity index (χ4v) is 1.68. The Morgan fingerprint density at radius 1 is 1.32 bits per heavy atom. The van der Waals surface area contributed by atoms with Crippen LogP contribution in [0.4, 0.5) is 11.4 Å². The molecule has 0 bridgehead atoms. The van der Waals surface area contributed by atoms with Crippen molar-refractivity contribution in [3.63, 3.8) is 0 Å². The maximum Gasteiger partial charge on any atom is 0.274 e. The van der Waals surface area contributed by atoms with E-state index in [2.05, 4.69) is 10.3 Å². The number of aryl methyl sites for hydroxylation is 1. The molecule has 5 nitrogen and oxygen atoms in total. The number of hydrogen-bond acceptors (Lipinski definition) is 4. The molecule has 2 rings (SSSR count). The number of carbonyl (C=O) groups excluding carboxylic acids is 1. The number of aromatic nitrogens is 1. The second-order valence-electron chi connectivity index (χ2n) is 4.08. The largest absolute Gasteiger partial charge is 0.495 e. The number of rotatable bonds is 3. The molecular weight excluding hydrogens is 242 g/mol. The number of benzene rings is 1. The molecule has 0 unspecified atom stereocenters. The van der Waals surface area contributed by atoms with Crippen molar-refractivity contribution >= 4 is 17.3 Å². The van der Waals surface area contributed by atoms with Crippen LogP contribution in [0.1, 0.15) is 16.2 Å². The summed E-state index contributed by atoms with van der Waals surface area (Å²) in [5.41, 5.74) is 7.91. The van der Waals surface area contributed by atoms with Gasteiger partial charge < -0.3 is 15.8 Å². The molecule has 2 aromatic rings. The molecular formula is C14H15N3O2. The van der Waals surface area contributed by atoms with Gasteiger partial charge in [0.25, 0.3) is 5.91 Å². The molecule has 5 heteroatoms. The highest BCUT2D eigenvalue weighted by molar-refractivity contribution is 6.03. The Morgan fingerprint density at radius 3 is 2.79 bits per heavy atom. The minimum atomic E-state index is -0.299. The zero-order valence-corrected chi connectivity index (χ0v) is 10.8. The van der Waals surface area contributed by atoms with Gasteiger partial charge >= 0.3 is 0 Å². The lowest BCUT2D eigenvalue weighted by Crippen LogP contribution is -2.14. The predicted octanol–water partition coefficient (Wildman–Crippen LogP) is 2.23. The lowest BCUT2D eigenvalue weighted by molar-refractivity contribution is 0.102. The molecule has 1 heterocycles. The van der Waals surface area contributed by atoms with E-state index in [1.807, 2.05) is 13.0 Å². The summed E-state index contributed by atoms with van der Waals surface area (Å²) in [5.74, 6) is 0.253. The molecule has 0 radical (unpaired) electrons. The molecule has 19 heavy (non-hydrogen) atoms. The van der Waals surface area contributed by atoms with Gasteiger partial charge in [0, 0.05) is 11.4 Å². The molecule has 98 valence electrons. The van der Waals surface area contributed by atoms with Gasteiger partial charge in [-0.15, -0.1) is 0 Å². The number of methoxy groups -OCH3 is 1. The van der Waals surface area contributed by atoms with Gasteiger partial charge in [0.1, 0.15) is 11.4 Å². The van der Waals surface area contributed by atoms with Gasteiger partial charge in [-0.2, -0.15) is 0 Å². The highest BCUT2D eigenvalue weighted by atomic mass is 16.5. The smallest absolute Gasteiger partial charge is 0.274 e. The maximum absolute atomic E-state index is 12.1. The van der Waals surface area contributed by atoms with Crippen LogP contribution in [-0.2, 0) is 0 Å². The number of amides is 1. The second-order valence-corrected chi connectivity index (χ2v) is 4.08. The fraction of sp³-hybridized carbons (Fsp3) is 0.143. The third kappa shape index (κ3) is 3.01. The van der Waals surface area contributed by atoms with Crippen molar-refractivity contribution in [3.05, 3.63) is 47.8 Å². The Hall–Kier alpha value is -2.56. The molecule has 1 aromatic heterocycles. The van der Waals surface area contributed by atoms with Gasteiger partial charge in [-0.05, 0) is 37.3 Å². The zero-order chi connectivity index (χ0) is 13.8. The summed E-state index contributed by atoms with van der Waals surface area (Å²) in [6.45, 7) is 1.83. The van der Waals surface area contributed by atoms with Crippen LogP contribution in [0.3, 0.4) is 0 Å². The molecule has 1 aromatic carbocycles. The van der Waals surface area contributed by atoms with E-state index in [1.54, 1.807) is 30.3 Å². The van der Waals surface area contributed by atoms with Gasteiger partial charge in [0.05, 0.1) is 12.8 Å². The molecule has 1 amide bonds. The van der Waals surface area contributed by atoms with Crippen molar-refractivity contribution in [2.75, 3.05) is 18.2 Å². The fourth-order valence-electron chi connectivity index (χ4n) is 1.68. The van der Waals surface area contributed by atoms with Crippen molar-refractivity contribution in [1.29, 1.82) is 0 Å². The second kappa shape index (κ2) is 5.39. The van der Waals surface area contributed by atoms with E-state index < -0.39 is 0 Å².